The molecule has 20 heavy (non-hydrogen) atoms. The summed E-state index contributed by atoms with van der Waals surface area (Å²) in [7, 11) is 0. The lowest BCUT2D eigenvalue weighted by Gasteiger charge is -2.08. The molecule has 5 heteroatoms. The Morgan fingerprint density at radius 1 is 1.00 bits per heavy atom. The van der Waals surface area contributed by atoms with Crippen molar-refractivity contribution in [2.24, 2.45) is 16.7 Å². The van der Waals surface area contributed by atoms with E-state index in [-0.39, 0.29) is 23.3 Å². The summed E-state index contributed by atoms with van der Waals surface area (Å²) in [5.74, 6) is -0.235. The molecule has 1 aliphatic rings. The van der Waals surface area contributed by atoms with E-state index in [1.807, 2.05) is 0 Å². The van der Waals surface area contributed by atoms with E-state index in [0.717, 1.165) is 12.8 Å². The van der Waals surface area contributed by atoms with Gasteiger partial charge < -0.3 is 15.7 Å². The standard InChI is InChI=1S/C15H28N2O3/c1-14(2)11(15(14,3)4)10-17-13(20)16-9-7-5-6-8-12(18)19/h11H,5-10H2,1-4H3,(H,18,19)(H2,16,17,20). The summed E-state index contributed by atoms with van der Waals surface area (Å²) in [4.78, 5) is 21.9. The number of unbranched alkanes of at least 4 members (excludes halogenated alkanes) is 2. The van der Waals surface area contributed by atoms with Crippen LogP contribution in [0.2, 0.25) is 0 Å². The number of hydrogen-bond acceptors (Lipinski definition) is 2. The first-order valence-corrected chi connectivity index (χ1v) is 7.43. The third-order valence-corrected chi connectivity index (χ3v) is 5.14. The Morgan fingerprint density at radius 3 is 2.10 bits per heavy atom. The smallest absolute Gasteiger partial charge is 0.314 e. The molecule has 1 rings (SSSR count). The third kappa shape index (κ3) is 4.12. The highest BCUT2D eigenvalue weighted by Gasteiger charge is 2.64. The number of carboxylic acid groups (broad SMARTS) is 1. The fourth-order valence-electron chi connectivity index (χ4n) is 2.88. The van der Waals surface area contributed by atoms with Crippen LogP contribution >= 0.6 is 0 Å². The fraction of sp³-hybridized carbons (Fsp3) is 0.867. The number of aliphatic carboxylic acids is 1. The fourth-order valence-corrected chi connectivity index (χ4v) is 2.88. The van der Waals surface area contributed by atoms with E-state index < -0.39 is 5.97 Å². The molecule has 1 saturated carbocycles. The minimum atomic E-state index is -0.759. The van der Waals surface area contributed by atoms with Gasteiger partial charge in [-0.15, -0.1) is 0 Å². The van der Waals surface area contributed by atoms with Gasteiger partial charge in [0.15, 0.2) is 0 Å². The lowest BCUT2D eigenvalue weighted by Crippen LogP contribution is -2.37. The molecule has 0 aliphatic heterocycles. The largest absolute Gasteiger partial charge is 0.481 e. The van der Waals surface area contributed by atoms with Crippen LogP contribution in [0.5, 0.6) is 0 Å². The van der Waals surface area contributed by atoms with Crippen molar-refractivity contribution in [3.05, 3.63) is 0 Å². The predicted molar refractivity (Wildman–Crippen MR) is 78.6 cm³/mol. The van der Waals surface area contributed by atoms with E-state index >= 15 is 0 Å². The zero-order chi connectivity index (χ0) is 15.4. The quantitative estimate of drug-likeness (QED) is 0.599. The monoisotopic (exact) mass is 284 g/mol. The maximum atomic E-state index is 11.6. The number of urea groups is 1. The van der Waals surface area contributed by atoms with Gasteiger partial charge in [0.25, 0.3) is 0 Å². The zero-order valence-electron chi connectivity index (χ0n) is 13.1. The molecule has 0 heterocycles. The summed E-state index contributed by atoms with van der Waals surface area (Å²) in [6, 6.07) is -0.123. The van der Waals surface area contributed by atoms with Crippen LogP contribution in [0.3, 0.4) is 0 Å². The van der Waals surface area contributed by atoms with Crippen LogP contribution in [0, 0.1) is 16.7 Å². The van der Waals surface area contributed by atoms with Gasteiger partial charge in [-0.25, -0.2) is 4.79 Å². The molecule has 2 amide bonds. The van der Waals surface area contributed by atoms with E-state index in [1.165, 1.54) is 0 Å². The lowest BCUT2D eigenvalue weighted by molar-refractivity contribution is -0.137. The van der Waals surface area contributed by atoms with Crippen molar-refractivity contribution in [3.63, 3.8) is 0 Å². The van der Waals surface area contributed by atoms with Gasteiger partial charge in [-0.3, -0.25) is 4.79 Å². The van der Waals surface area contributed by atoms with Gasteiger partial charge in [-0.2, -0.15) is 0 Å². The van der Waals surface area contributed by atoms with Gasteiger partial charge >= 0.3 is 12.0 Å². The van der Waals surface area contributed by atoms with Crippen molar-refractivity contribution in [3.8, 4) is 0 Å². The average Bonchev–Trinajstić information content (AvgIpc) is 2.71. The maximum Gasteiger partial charge on any atom is 0.314 e. The summed E-state index contributed by atoms with van der Waals surface area (Å²) in [6.07, 6.45) is 2.53. The predicted octanol–water partition coefficient (Wildman–Crippen LogP) is 2.61. The first kappa shape index (κ1) is 16.8. The van der Waals surface area contributed by atoms with Crippen molar-refractivity contribution in [2.45, 2.75) is 53.4 Å². The molecular weight excluding hydrogens is 256 g/mol. The van der Waals surface area contributed by atoms with Gasteiger partial charge in [0.05, 0.1) is 0 Å². The second-order valence-corrected chi connectivity index (χ2v) is 6.84. The van der Waals surface area contributed by atoms with Crippen LogP contribution in [0.25, 0.3) is 0 Å². The van der Waals surface area contributed by atoms with Crippen LogP contribution < -0.4 is 10.6 Å². The van der Waals surface area contributed by atoms with Crippen molar-refractivity contribution in [1.29, 1.82) is 0 Å². The average molecular weight is 284 g/mol. The summed E-state index contributed by atoms with van der Waals surface area (Å²) < 4.78 is 0. The lowest BCUT2D eigenvalue weighted by atomic mass is 10.0. The number of hydrogen-bond donors (Lipinski definition) is 3. The molecule has 0 radical (unpaired) electrons. The van der Waals surface area contributed by atoms with Crippen LogP contribution in [-0.2, 0) is 4.79 Å². The highest BCUT2D eigenvalue weighted by molar-refractivity contribution is 5.73. The Balaban J connectivity index is 2.03. The molecular formula is C15H28N2O3. The van der Waals surface area contributed by atoms with E-state index in [4.69, 9.17) is 5.11 Å². The Kier molecular flexibility index (Phi) is 5.42. The first-order valence-electron chi connectivity index (χ1n) is 7.43. The van der Waals surface area contributed by atoms with E-state index in [1.54, 1.807) is 0 Å². The number of amides is 2. The van der Waals surface area contributed by atoms with Crippen molar-refractivity contribution >= 4 is 12.0 Å². The second kappa shape index (κ2) is 6.46. The molecule has 0 saturated heterocycles. The normalized spacial score (nSPS) is 19.4. The molecule has 116 valence electrons. The number of carbonyl (C=O) groups is 2. The molecule has 0 unspecified atom stereocenters. The van der Waals surface area contributed by atoms with Gasteiger partial charge in [-0.1, -0.05) is 34.1 Å². The van der Waals surface area contributed by atoms with Crippen molar-refractivity contribution in [1.82, 2.24) is 10.6 Å². The van der Waals surface area contributed by atoms with Crippen LogP contribution in [0.4, 0.5) is 4.79 Å². The highest BCUT2D eigenvalue weighted by Crippen LogP contribution is 2.67. The molecule has 0 aromatic rings. The topological polar surface area (TPSA) is 78.4 Å². The van der Waals surface area contributed by atoms with Crippen LogP contribution in [-0.4, -0.2) is 30.2 Å². The Morgan fingerprint density at radius 2 is 1.60 bits per heavy atom. The molecule has 1 fully saturated rings. The molecule has 3 N–H and O–H groups in total. The Labute approximate surface area is 121 Å². The van der Waals surface area contributed by atoms with Crippen molar-refractivity contribution in [2.75, 3.05) is 13.1 Å². The molecule has 0 bridgehead atoms. The Bertz CT molecular complexity index is 350. The molecule has 0 spiro atoms. The molecule has 0 atom stereocenters. The van der Waals surface area contributed by atoms with E-state index in [2.05, 4.69) is 38.3 Å². The highest BCUT2D eigenvalue weighted by atomic mass is 16.4. The molecule has 1 aliphatic carbocycles. The third-order valence-electron chi connectivity index (χ3n) is 5.14. The minimum absolute atomic E-state index is 0.123. The number of carbonyl (C=O) groups excluding carboxylic acids is 1. The summed E-state index contributed by atoms with van der Waals surface area (Å²) in [5, 5.41) is 14.2. The molecule has 0 aromatic carbocycles. The van der Waals surface area contributed by atoms with Gasteiger partial charge in [0, 0.05) is 19.5 Å². The number of rotatable bonds is 8. The number of carboxylic acids is 1. The summed E-state index contributed by atoms with van der Waals surface area (Å²) >= 11 is 0. The van der Waals surface area contributed by atoms with Gasteiger partial charge in [-0.05, 0) is 29.6 Å². The SMILES string of the molecule is CC1(C)C(CNC(=O)NCCCCCC(=O)O)C1(C)C. The summed E-state index contributed by atoms with van der Waals surface area (Å²) in [5.41, 5.74) is 0.578. The maximum absolute atomic E-state index is 11.6. The zero-order valence-corrected chi connectivity index (χ0v) is 13.1. The first-order chi connectivity index (χ1) is 9.19. The summed E-state index contributed by atoms with van der Waals surface area (Å²) in [6.45, 7) is 10.3. The number of nitrogens with one attached hydrogen (secondary N) is 2. The van der Waals surface area contributed by atoms with Crippen LogP contribution in [0.1, 0.15) is 53.4 Å². The van der Waals surface area contributed by atoms with Gasteiger partial charge in [0.1, 0.15) is 0 Å². The minimum Gasteiger partial charge on any atom is -0.481 e. The molecule has 5 nitrogen and oxygen atoms in total. The second-order valence-electron chi connectivity index (χ2n) is 6.84. The van der Waals surface area contributed by atoms with E-state index in [0.29, 0.717) is 25.4 Å². The van der Waals surface area contributed by atoms with Crippen LogP contribution in [0.15, 0.2) is 0 Å². The van der Waals surface area contributed by atoms with Gasteiger partial charge in [0.2, 0.25) is 0 Å². The molecule has 0 aromatic heterocycles. The Hall–Kier alpha value is -1.26. The van der Waals surface area contributed by atoms with Crippen molar-refractivity contribution < 1.29 is 14.7 Å². The van der Waals surface area contributed by atoms with E-state index in [9.17, 15) is 9.59 Å².